The first kappa shape index (κ1) is 29.3. The standard InChI is InChI=1S/C22H24ClF3N6O7S/c1-4-31-11-16(18(23)29-31)40(35,36)32-10-13(6-8-17-28-20(34)39-30-17)37-15-7-5-12(9-14(15)32)27-19(33)38-21(2,3)22(24,25)26/h5,7,9,11,13H,4,6,8,10H2,1-3H3,(H,27,33)(H,28,30,34)/t13-/m0/s1. The molecule has 1 aliphatic rings. The molecule has 218 valence electrons. The quantitative estimate of drug-likeness (QED) is 0.388. The third kappa shape index (κ3) is 6.04. The Labute approximate surface area is 230 Å². The zero-order valence-electron chi connectivity index (χ0n) is 21.3. The Morgan fingerprint density at radius 1 is 1.32 bits per heavy atom. The molecule has 0 unspecified atom stereocenters. The first-order chi connectivity index (χ1) is 18.6. The summed E-state index contributed by atoms with van der Waals surface area (Å²) in [7, 11) is -4.35. The summed E-state index contributed by atoms with van der Waals surface area (Å²) in [4.78, 5) is 25.6. The molecular formula is C22H24ClF3N6O7S. The van der Waals surface area contributed by atoms with Gasteiger partial charge in [-0.1, -0.05) is 16.8 Å². The van der Waals surface area contributed by atoms with Crippen LogP contribution in [0.15, 0.2) is 38.6 Å². The predicted molar refractivity (Wildman–Crippen MR) is 134 cm³/mol. The highest BCUT2D eigenvalue weighted by molar-refractivity contribution is 7.93. The van der Waals surface area contributed by atoms with Crippen LogP contribution in [0.3, 0.4) is 0 Å². The third-order valence-corrected chi connectivity index (χ3v) is 8.11. The second kappa shape index (κ2) is 10.7. The van der Waals surface area contributed by atoms with Crippen molar-refractivity contribution in [2.75, 3.05) is 16.2 Å². The monoisotopic (exact) mass is 608 g/mol. The maximum absolute atomic E-state index is 13.8. The fourth-order valence-electron chi connectivity index (χ4n) is 3.70. The number of H-pyrrole nitrogens is 1. The summed E-state index contributed by atoms with van der Waals surface area (Å²) in [5.41, 5.74) is -2.85. The van der Waals surface area contributed by atoms with Crippen LogP contribution in [-0.2, 0) is 27.7 Å². The van der Waals surface area contributed by atoms with Gasteiger partial charge in [0, 0.05) is 24.8 Å². The van der Waals surface area contributed by atoms with Gasteiger partial charge in [0.05, 0.1) is 12.2 Å². The first-order valence-electron chi connectivity index (χ1n) is 11.8. The van der Waals surface area contributed by atoms with E-state index >= 15 is 0 Å². The number of sulfonamides is 1. The molecule has 13 nitrogen and oxygen atoms in total. The number of nitrogens with one attached hydrogen (secondary N) is 2. The number of hydrogen-bond acceptors (Lipinski definition) is 9. The Balaban J connectivity index is 1.66. The van der Waals surface area contributed by atoms with Crippen LogP contribution < -0.4 is 20.1 Å². The van der Waals surface area contributed by atoms with Crippen molar-refractivity contribution in [3.63, 3.8) is 0 Å². The Bertz CT molecular complexity index is 1570. The molecule has 2 N–H and O–H groups in total. The molecule has 1 amide bonds. The lowest BCUT2D eigenvalue weighted by Crippen LogP contribution is -2.44. The molecular weight excluding hydrogens is 585 g/mol. The van der Waals surface area contributed by atoms with E-state index < -0.39 is 39.8 Å². The van der Waals surface area contributed by atoms with Crippen LogP contribution in [0.5, 0.6) is 5.75 Å². The number of halogens is 4. The van der Waals surface area contributed by atoms with Crippen molar-refractivity contribution in [1.82, 2.24) is 19.9 Å². The van der Waals surface area contributed by atoms with Crippen LogP contribution in [0.2, 0.25) is 5.15 Å². The van der Waals surface area contributed by atoms with Gasteiger partial charge in [0.1, 0.15) is 16.7 Å². The molecule has 2 aromatic heterocycles. The van der Waals surface area contributed by atoms with Crippen LogP contribution in [-0.4, -0.2) is 58.9 Å². The van der Waals surface area contributed by atoms with Gasteiger partial charge >= 0.3 is 18.0 Å². The van der Waals surface area contributed by atoms with Crippen molar-refractivity contribution in [1.29, 1.82) is 0 Å². The number of anilines is 2. The average Bonchev–Trinajstić information content (AvgIpc) is 3.46. The van der Waals surface area contributed by atoms with Crippen LogP contribution in [0, 0.1) is 0 Å². The minimum Gasteiger partial charge on any atom is -0.486 e. The smallest absolute Gasteiger partial charge is 0.438 e. The topological polar surface area (TPSA) is 162 Å². The minimum atomic E-state index is -4.82. The molecule has 0 saturated heterocycles. The molecule has 18 heteroatoms. The number of benzene rings is 1. The van der Waals surface area contributed by atoms with E-state index in [1.165, 1.54) is 29.1 Å². The second-order valence-electron chi connectivity index (χ2n) is 9.20. The van der Waals surface area contributed by atoms with Gasteiger partial charge in [0.15, 0.2) is 11.0 Å². The van der Waals surface area contributed by atoms with Gasteiger partial charge in [0.25, 0.3) is 10.0 Å². The number of carbonyl (C=O) groups is 1. The van der Waals surface area contributed by atoms with E-state index in [0.717, 1.165) is 4.31 Å². The number of aryl methyl sites for hydroxylation is 2. The average molecular weight is 609 g/mol. The Hall–Kier alpha value is -3.73. The number of aromatic nitrogens is 4. The van der Waals surface area contributed by atoms with E-state index in [2.05, 4.69) is 29.8 Å². The summed E-state index contributed by atoms with van der Waals surface area (Å²) in [6.07, 6.45) is -5.28. The molecule has 0 saturated carbocycles. The lowest BCUT2D eigenvalue weighted by atomic mass is 10.1. The summed E-state index contributed by atoms with van der Waals surface area (Å²) in [5.74, 6) is -0.406. The molecule has 3 heterocycles. The fraction of sp³-hybridized carbons (Fsp3) is 0.455. The molecule has 1 aliphatic heterocycles. The molecule has 0 bridgehead atoms. The van der Waals surface area contributed by atoms with Gasteiger partial charge in [-0.15, -0.1) is 0 Å². The number of nitrogens with zero attached hydrogens (tertiary/aromatic N) is 4. The number of carbonyl (C=O) groups excluding carboxylic acids is 1. The second-order valence-corrected chi connectivity index (χ2v) is 11.4. The highest BCUT2D eigenvalue weighted by Gasteiger charge is 2.51. The van der Waals surface area contributed by atoms with E-state index in [9.17, 15) is 31.2 Å². The number of alkyl halides is 3. The molecule has 0 fully saturated rings. The molecule has 0 radical (unpaired) electrons. The van der Waals surface area contributed by atoms with Crippen LogP contribution in [0.25, 0.3) is 0 Å². The Morgan fingerprint density at radius 2 is 2.05 bits per heavy atom. The summed E-state index contributed by atoms with van der Waals surface area (Å²) >= 11 is 6.15. The van der Waals surface area contributed by atoms with E-state index in [0.29, 0.717) is 20.4 Å². The Kier molecular flexibility index (Phi) is 7.81. The van der Waals surface area contributed by atoms with Crippen LogP contribution in [0.1, 0.15) is 33.0 Å². The zero-order valence-corrected chi connectivity index (χ0v) is 22.9. The van der Waals surface area contributed by atoms with E-state index in [1.807, 2.05) is 0 Å². The van der Waals surface area contributed by atoms with Crippen molar-refractivity contribution in [3.05, 3.63) is 45.9 Å². The van der Waals surface area contributed by atoms with Gasteiger partial charge in [-0.3, -0.25) is 23.8 Å². The molecule has 4 rings (SSSR count). The molecule has 40 heavy (non-hydrogen) atoms. The number of fused-ring (bicyclic) bond motifs is 1. The summed E-state index contributed by atoms with van der Waals surface area (Å²) < 4.78 is 84.3. The molecule has 1 atom stereocenters. The largest absolute Gasteiger partial charge is 0.486 e. The Morgan fingerprint density at radius 3 is 2.65 bits per heavy atom. The van der Waals surface area contributed by atoms with Crippen molar-refractivity contribution in [3.8, 4) is 5.75 Å². The lowest BCUT2D eigenvalue weighted by Gasteiger charge is -2.35. The summed E-state index contributed by atoms with van der Waals surface area (Å²) in [6.45, 7) is 3.25. The van der Waals surface area contributed by atoms with Crippen molar-refractivity contribution >= 4 is 39.1 Å². The van der Waals surface area contributed by atoms with Crippen molar-refractivity contribution in [2.24, 2.45) is 0 Å². The van der Waals surface area contributed by atoms with Gasteiger partial charge in [0.2, 0.25) is 5.60 Å². The van der Waals surface area contributed by atoms with Crippen LogP contribution >= 0.6 is 11.6 Å². The molecule has 0 spiro atoms. The van der Waals surface area contributed by atoms with Crippen LogP contribution in [0.4, 0.5) is 29.3 Å². The number of rotatable bonds is 8. The SMILES string of the molecule is CCn1cc(S(=O)(=O)N2C[C@H](CCc3noc(=O)[nH]3)Oc3ccc(NC(=O)OC(C)(C)C(F)(F)F)cc32)c(Cl)n1. The van der Waals surface area contributed by atoms with Crippen molar-refractivity contribution < 1.29 is 40.4 Å². The number of amides is 1. The predicted octanol–water partition coefficient (Wildman–Crippen LogP) is 3.71. The summed E-state index contributed by atoms with van der Waals surface area (Å²) in [5, 5.41) is 9.48. The van der Waals surface area contributed by atoms with Gasteiger partial charge < -0.3 is 9.47 Å². The lowest BCUT2D eigenvalue weighted by molar-refractivity contribution is -0.242. The maximum Gasteiger partial charge on any atom is 0.438 e. The number of aromatic amines is 1. The van der Waals surface area contributed by atoms with E-state index in [1.54, 1.807) is 6.92 Å². The van der Waals surface area contributed by atoms with Gasteiger partial charge in [-0.2, -0.15) is 18.3 Å². The number of ether oxygens (including phenoxy) is 2. The molecule has 1 aromatic carbocycles. The van der Waals surface area contributed by atoms with Crippen molar-refractivity contribution in [2.45, 2.75) is 62.9 Å². The zero-order chi connectivity index (χ0) is 29.5. The maximum atomic E-state index is 13.8. The highest BCUT2D eigenvalue weighted by atomic mass is 35.5. The van der Waals surface area contributed by atoms with E-state index in [4.69, 9.17) is 16.3 Å². The van der Waals surface area contributed by atoms with Gasteiger partial charge in [-0.05, 0) is 45.4 Å². The fourth-order valence-corrected chi connectivity index (χ4v) is 5.65. The third-order valence-electron chi connectivity index (χ3n) is 5.93. The van der Waals surface area contributed by atoms with E-state index in [-0.39, 0.29) is 52.4 Å². The number of hydrogen-bond donors (Lipinski definition) is 2. The minimum absolute atomic E-state index is 0.0145. The van der Waals surface area contributed by atoms with Gasteiger partial charge in [-0.25, -0.2) is 18.0 Å². The highest BCUT2D eigenvalue weighted by Crippen LogP contribution is 2.41. The normalized spacial score (nSPS) is 15.9. The molecule has 3 aromatic rings. The summed E-state index contributed by atoms with van der Waals surface area (Å²) in [6, 6.07) is 3.88. The molecule has 0 aliphatic carbocycles. The first-order valence-corrected chi connectivity index (χ1v) is 13.6.